The van der Waals surface area contributed by atoms with E-state index in [1.54, 1.807) is 0 Å². The highest BCUT2D eigenvalue weighted by atomic mass is 35.5. The zero-order valence-electron chi connectivity index (χ0n) is 11.7. The summed E-state index contributed by atoms with van der Waals surface area (Å²) in [5.41, 5.74) is 0.0510. The number of hydrogen-bond donors (Lipinski definition) is 0. The van der Waals surface area contributed by atoms with E-state index in [1.165, 1.54) is 17.1 Å². The van der Waals surface area contributed by atoms with Crippen LogP contribution in [0.25, 0.3) is 0 Å². The number of hydrazine groups is 1. The molecule has 1 amide bonds. The lowest BCUT2D eigenvalue weighted by atomic mass is 10.1. The smallest absolute Gasteiger partial charge is 0.272 e. The van der Waals surface area contributed by atoms with Gasteiger partial charge in [-0.15, -0.1) is 0 Å². The third-order valence-corrected chi connectivity index (χ3v) is 4.73. The van der Waals surface area contributed by atoms with Crippen LogP contribution in [-0.4, -0.2) is 30.2 Å². The summed E-state index contributed by atoms with van der Waals surface area (Å²) in [4.78, 5) is 12.4. The number of anilines is 1. The molecule has 0 radical (unpaired) electrons. The Morgan fingerprint density at radius 3 is 2.17 bits per heavy atom. The molecule has 3 rings (SSSR count). The maximum absolute atomic E-state index is 13.1. The highest BCUT2D eigenvalue weighted by Crippen LogP contribution is 2.44. The van der Waals surface area contributed by atoms with Crippen LogP contribution in [0.3, 0.4) is 0 Å². The van der Waals surface area contributed by atoms with Gasteiger partial charge in [-0.05, 0) is 30.9 Å². The molecule has 1 aromatic rings. The summed E-state index contributed by atoms with van der Waals surface area (Å²) in [6, 6.07) is 2.71. The first kappa shape index (κ1) is 17.1. The Bertz CT molecular complexity index is 626. The Hall–Kier alpha value is -0.690. The number of rotatable bonds is 3. The average molecular weight is 388 g/mol. The third kappa shape index (κ3) is 3.40. The van der Waals surface area contributed by atoms with Crippen molar-refractivity contribution in [2.75, 3.05) is 18.1 Å². The maximum atomic E-state index is 13.1. The molecule has 1 aliphatic heterocycles. The van der Waals surface area contributed by atoms with E-state index < -0.39 is 24.5 Å². The predicted octanol–water partition coefficient (Wildman–Crippen LogP) is 4.80. The number of alkyl halides is 3. The normalized spacial score (nSPS) is 23.0. The number of nitrogens with zero attached hydrogens (tertiary/aromatic N) is 2. The van der Waals surface area contributed by atoms with E-state index >= 15 is 0 Å². The van der Waals surface area contributed by atoms with Crippen LogP contribution in [0.2, 0.25) is 15.1 Å². The Labute approximate surface area is 145 Å². The lowest BCUT2D eigenvalue weighted by Crippen LogP contribution is -2.41. The summed E-state index contributed by atoms with van der Waals surface area (Å²) in [7, 11) is 0. The second kappa shape index (κ2) is 5.99. The van der Waals surface area contributed by atoms with Gasteiger partial charge < -0.3 is 0 Å². The van der Waals surface area contributed by atoms with Crippen molar-refractivity contribution in [1.82, 2.24) is 5.01 Å². The largest absolute Gasteiger partial charge is 0.401 e. The minimum Gasteiger partial charge on any atom is -0.272 e. The fourth-order valence-corrected chi connectivity index (χ4v) is 3.62. The molecule has 1 saturated carbocycles. The van der Waals surface area contributed by atoms with Crippen molar-refractivity contribution < 1.29 is 18.0 Å². The van der Waals surface area contributed by atoms with E-state index in [-0.39, 0.29) is 20.8 Å². The lowest BCUT2D eigenvalue weighted by molar-refractivity contribution is -0.175. The molecular formula is C14H12Cl3F3N2O. The molecule has 9 heteroatoms. The molecule has 1 saturated heterocycles. The molecule has 1 heterocycles. The minimum absolute atomic E-state index is 0.0412. The van der Waals surface area contributed by atoms with Crippen LogP contribution in [0.5, 0.6) is 0 Å². The summed E-state index contributed by atoms with van der Waals surface area (Å²) in [6.45, 7) is -0.0538. The fraction of sp³-hybridized carbons (Fsp3) is 0.500. The third-order valence-electron chi connectivity index (χ3n) is 3.94. The van der Waals surface area contributed by atoms with Crippen LogP contribution >= 0.6 is 34.8 Å². The van der Waals surface area contributed by atoms with E-state index in [1.807, 2.05) is 0 Å². The molecule has 2 aliphatic rings. The fourth-order valence-electron chi connectivity index (χ4n) is 2.64. The molecule has 1 aromatic carbocycles. The van der Waals surface area contributed by atoms with E-state index in [0.29, 0.717) is 12.5 Å². The first-order valence-corrected chi connectivity index (χ1v) is 8.12. The van der Waals surface area contributed by atoms with Crippen molar-refractivity contribution in [3.05, 3.63) is 27.2 Å². The van der Waals surface area contributed by atoms with Crippen LogP contribution < -0.4 is 5.01 Å². The van der Waals surface area contributed by atoms with E-state index in [9.17, 15) is 18.0 Å². The van der Waals surface area contributed by atoms with Crippen LogP contribution in [0, 0.1) is 11.8 Å². The highest BCUT2D eigenvalue weighted by Gasteiger charge is 2.54. The maximum Gasteiger partial charge on any atom is 0.401 e. The number of carbonyl (C=O) groups is 1. The van der Waals surface area contributed by atoms with Crippen molar-refractivity contribution in [3.8, 4) is 0 Å². The van der Waals surface area contributed by atoms with E-state index in [4.69, 9.17) is 34.8 Å². The number of carbonyl (C=O) groups excluding carboxylic acids is 1. The minimum atomic E-state index is -4.61. The summed E-state index contributed by atoms with van der Waals surface area (Å²) < 4.78 is 39.4. The molecule has 0 N–H and O–H groups in total. The van der Waals surface area contributed by atoms with Crippen molar-refractivity contribution in [2.45, 2.75) is 19.0 Å². The monoisotopic (exact) mass is 386 g/mol. The van der Waals surface area contributed by atoms with E-state index in [2.05, 4.69) is 0 Å². The molecule has 1 unspecified atom stereocenters. The zero-order chi connectivity index (χ0) is 16.9. The van der Waals surface area contributed by atoms with Crippen molar-refractivity contribution in [2.24, 2.45) is 11.8 Å². The van der Waals surface area contributed by atoms with Crippen LogP contribution in [0.15, 0.2) is 12.1 Å². The predicted molar refractivity (Wildman–Crippen MR) is 82.8 cm³/mol. The molecule has 1 atom stereocenters. The molecule has 0 spiro atoms. The Balaban J connectivity index is 2.01. The second-order valence-electron chi connectivity index (χ2n) is 5.78. The van der Waals surface area contributed by atoms with Gasteiger partial charge in [0.25, 0.3) is 5.91 Å². The average Bonchev–Trinajstić information content (AvgIpc) is 3.14. The standard InChI is InChI=1S/C14H12Cl3F3N2O/c15-8-3-10(16)12(11(17)4-8)22-13(23)9(14(18,19)20)6-21(22)5-7-1-2-7/h3-4,7,9H,1-2,5-6H2. The van der Waals surface area contributed by atoms with Crippen molar-refractivity contribution in [1.29, 1.82) is 0 Å². The van der Waals surface area contributed by atoms with Crippen molar-refractivity contribution >= 4 is 46.4 Å². The van der Waals surface area contributed by atoms with Crippen LogP contribution in [0.4, 0.5) is 18.9 Å². The molecular weight excluding hydrogens is 376 g/mol. The molecule has 23 heavy (non-hydrogen) atoms. The molecule has 0 aromatic heterocycles. The van der Waals surface area contributed by atoms with Crippen LogP contribution in [-0.2, 0) is 4.79 Å². The van der Waals surface area contributed by atoms with Gasteiger partial charge in [0.1, 0.15) is 5.92 Å². The highest BCUT2D eigenvalue weighted by molar-refractivity contribution is 6.42. The lowest BCUT2D eigenvalue weighted by Gasteiger charge is -2.29. The Morgan fingerprint density at radius 1 is 1.13 bits per heavy atom. The molecule has 0 bridgehead atoms. The second-order valence-corrected chi connectivity index (χ2v) is 7.03. The number of halogens is 6. The molecule has 126 valence electrons. The van der Waals surface area contributed by atoms with Gasteiger partial charge in [-0.1, -0.05) is 34.8 Å². The van der Waals surface area contributed by atoms with Gasteiger partial charge in [-0.2, -0.15) is 13.2 Å². The number of hydrogen-bond acceptors (Lipinski definition) is 2. The Kier molecular flexibility index (Phi) is 4.46. The van der Waals surface area contributed by atoms with Crippen LogP contribution in [0.1, 0.15) is 12.8 Å². The summed E-state index contributed by atoms with van der Waals surface area (Å²) in [5, 5.41) is 2.69. The summed E-state index contributed by atoms with van der Waals surface area (Å²) in [5.74, 6) is -2.85. The van der Waals surface area contributed by atoms with E-state index in [0.717, 1.165) is 17.9 Å². The number of amides is 1. The van der Waals surface area contributed by atoms with Gasteiger partial charge in [-0.3, -0.25) is 4.79 Å². The summed E-state index contributed by atoms with van der Waals surface area (Å²) >= 11 is 18.0. The molecule has 3 nitrogen and oxygen atoms in total. The quantitative estimate of drug-likeness (QED) is 0.744. The topological polar surface area (TPSA) is 23.6 Å². The van der Waals surface area contributed by atoms with Gasteiger partial charge in [-0.25, -0.2) is 10.0 Å². The zero-order valence-corrected chi connectivity index (χ0v) is 14.0. The first-order valence-electron chi connectivity index (χ1n) is 6.98. The summed E-state index contributed by atoms with van der Waals surface area (Å²) in [6.07, 6.45) is -2.73. The first-order chi connectivity index (χ1) is 10.7. The van der Waals surface area contributed by atoms with Gasteiger partial charge in [0.05, 0.1) is 15.7 Å². The molecule has 2 fully saturated rings. The van der Waals surface area contributed by atoms with Crippen molar-refractivity contribution in [3.63, 3.8) is 0 Å². The SMILES string of the molecule is O=C1C(C(F)(F)F)CN(CC2CC2)N1c1c(Cl)cc(Cl)cc1Cl. The van der Waals surface area contributed by atoms with Gasteiger partial charge in [0.2, 0.25) is 0 Å². The molecule has 1 aliphatic carbocycles. The van der Waals surface area contributed by atoms with Gasteiger partial charge >= 0.3 is 6.18 Å². The van der Waals surface area contributed by atoms with Gasteiger partial charge in [0.15, 0.2) is 0 Å². The Morgan fingerprint density at radius 2 is 1.70 bits per heavy atom. The van der Waals surface area contributed by atoms with Gasteiger partial charge in [0, 0.05) is 18.1 Å². The number of benzene rings is 1.